The molecule has 0 amide bonds. The van der Waals surface area contributed by atoms with Crippen molar-refractivity contribution in [2.24, 2.45) is 4.99 Å². The first-order valence-corrected chi connectivity index (χ1v) is 4.26. The first-order chi connectivity index (χ1) is 6.27. The van der Waals surface area contributed by atoms with Crippen LogP contribution in [0.25, 0.3) is 0 Å². The second kappa shape index (κ2) is 3.24. The molecule has 0 aliphatic carbocycles. The van der Waals surface area contributed by atoms with Gasteiger partial charge in [0.15, 0.2) is 11.6 Å². The van der Waals surface area contributed by atoms with Crippen LogP contribution in [0.1, 0.15) is 18.4 Å². The number of rotatable bonds is 1. The van der Waals surface area contributed by atoms with E-state index in [0.29, 0.717) is 5.56 Å². The molecule has 0 bridgehead atoms. The van der Waals surface area contributed by atoms with Crippen LogP contribution in [0.2, 0.25) is 0 Å². The fourth-order valence-corrected chi connectivity index (χ4v) is 1.45. The molecule has 1 nitrogen and oxygen atoms in total. The predicted molar refractivity (Wildman–Crippen MR) is 47.0 cm³/mol. The average molecular weight is 181 g/mol. The lowest BCUT2D eigenvalue weighted by Gasteiger charge is -2.00. The second-order valence-electron chi connectivity index (χ2n) is 3.06. The van der Waals surface area contributed by atoms with Gasteiger partial charge in [-0.05, 0) is 30.5 Å². The summed E-state index contributed by atoms with van der Waals surface area (Å²) in [7, 11) is 0. The first kappa shape index (κ1) is 8.35. The summed E-state index contributed by atoms with van der Waals surface area (Å²) in [6.07, 6.45) is 1.87. The lowest BCUT2D eigenvalue weighted by Crippen LogP contribution is -1.97. The van der Waals surface area contributed by atoms with E-state index in [9.17, 15) is 8.78 Å². The molecule has 3 heteroatoms. The fourth-order valence-electron chi connectivity index (χ4n) is 1.45. The minimum atomic E-state index is -0.803. The van der Waals surface area contributed by atoms with Gasteiger partial charge in [0.05, 0.1) is 0 Å². The molecule has 0 saturated heterocycles. The Morgan fingerprint density at radius 2 is 2.00 bits per heavy atom. The largest absolute Gasteiger partial charge is 0.289 e. The van der Waals surface area contributed by atoms with Crippen LogP contribution in [0.15, 0.2) is 23.2 Å². The zero-order valence-electron chi connectivity index (χ0n) is 7.06. The second-order valence-corrected chi connectivity index (χ2v) is 3.06. The average Bonchev–Trinajstić information content (AvgIpc) is 2.62. The monoisotopic (exact) mass is 181 g/mol. The summed E-state index contributed by atoms with van der Waals surface area (Å²) in [6, 6.07) is 3.92. The molecule has 1 aliphatic rings. The zero-order chi connectivity index (χ0) is 9.26. The van der Waals surface area contributed by atoms with Crippen LogP contribution in [0.4, 0.5) is 8.78 Å². The van der Waals surface area contributed by atoms with Gasteiger partial charge in [0.2, 0.25) is 0 Å². The van der Waals surface area contributed by atoms with E-state index >= 15 is 0 Å². The maximum atomic E-state index is 12.8. The Bertz CT molecular complexity index is 358. The minimum absolute atomic E-state index is 0.705. The summed E-state index contributed by atoms with van der Waals surface area (Å²) in [4.78, 5) is 4.20. The molecule has 1 aliphatic heterocycles. The van der Waals surface area contributed by atoms with E-state index in [4.69, 9.17) is 0 Å². The standard InChI is InChI=1S/C10H9F2N/c11-8-4-3-7(6-9(8)12)10-2-1-5-13-10/h3-4,6H,1-2,5H2. The molecule has 0 radical (unpaired) electrons. The van der Waals surface area contributed by atoms with E-state index in [1.807, 2.05) is 0 Å². The van der Waals surface area contributed by atoms with E-state index in [1.165, 1.54) is 6.07 Å². The van der Waals surface area contributed by atoms with Crippen LogP contribution in [0.3, 0.4) is 0 Å². The number of hydrogen-bond acceptors (Lipinski definition) is 1. The Balaban J connectivity index is 2.36. The molecular weight excluding hydrogens is 172 g/mol. The molecule has 1 aromatic rings. The maximum Gasteiger partial charge on any atom is 0.159 e. The smallest absolute Gasteiger partial charge is 0.159 e. The summed E-state index contributed by atoms with van der Waals surface area (Å²) in [5, 5.41) is 0. The number of halogens is 2. The van der Waals surface area contributed by atoms with Crippen molar-refractivity contribution in [2.45, 2.75) is 12.8 Å². The van der Waals surface area contributed by atoms with Gasteiger partial charge in [-0.3, -0.25) is 4.99 Å². The molecule has 0 N–H and O–H groups in total. The predicted octanol–water partition coefficient (Wildman–Crippen LogP) is 2.55. The lowest BCUT2D eigenvalue weighted by molar-refractivity contribution is 0.508. The molecule has 1 aromatic carbocycles. The molecule has 0 atom stereocenters. The van der Waals surface area contributed by atoms with E-state index < -0.39 is 11.6 Å². The molecule has 13 heavy (non-hydrogen) atoms. The van der Waals surface area contributed by atoms with Crippen LogP contribution in [0.5, 0.6) is 0 Å². The summed E-state index contributed by atoms with van der Waals surface area (Å²) in [5.41, 5.74) is 1.59. The summed E-state index contributed by atoms with van der Waals surface area (Å²) < 4.78 is 25.4. The molecule has 0 saturated carbocycles. The van der Waals surface area contributed by atoms with E-state index in [2.05, 4.69) is 4.99 Å². The highest BCUT2D eigenvalue weighted by atomic mass is 19.2. The van der Waals surface area contributed by atoms with Gasteiger partial charge in [0, 0.05) is 12.3 Å². The number of nitrogens with zero attached hydrogens (tertiary/aromatic N) is 1. The minimum Gasteiger partial charge on any atom is -0.289 e. The van der Waals surface area contributed by atoms with Gasteiger partial charge in [-0.25, -0.2) is 8.78 Å². The van der Waals surface area contributed by atoms with Crippen molar-refractivity contribution in [2.75, 3.05) is 6.54 Å². The van der Waals surface area contributed by atoms with Gasteiger partial charge < -0.3 is 0 Å². The molecule has 0 aromatic heterocycles. The van der Waals surface area contributed by atoms with Crippen LogP contribution in [-0.4, -0.2) is 12.3 Å². The van der Waals surface area contributed by atoms with E-state index in [-0.39, 0.29) is 0 Å². The summed E-state index contributed by atoms with van der Waals surface area (Å²) >= 11 is 0. The summed E-state index contributed by atoms with van der Waals surface area (Å²) in [5.74, 6) is -1.60. The Morgan fingerprint density at radius 1 is 1.15 bits per heavy atom. The number of benzene rings is 1. The van der Waals surface area contributed by atoms with Gasteiger partial charge in [-0.1, -0.05) is 6.07 Å². The van der Waals surface area contributed by atoms with Crippen molar-refractivity contribution in [1.29, 1.82) is 0 Å². The molecule has 0 spiro atoms. The lowest BCUT2D eigenvalue weighted by atomic mass is 10.1. The SMILES string of the molecule is Fc1ccc(C2=NCCC2)cc1F. The third-order valence-electron chi connectivity index (χ3n) is 2.13. The number of hydrogen-bond donors (Lipinski definition) is 0. The van der Waals surface area contributed by atoms with Crippen LogP contribution < -0.4 is 0 Å². The summed E-state index contributed by atoms with van der Waals surface area (Å²) in [6.45, 7) is 0.800. The van der Waals surface area contributed by atoms with Gasteiger partial charge in [-0.15, -0.1) is 0 Å². The highest BCUT2D eigenvalue weighted by Gasteiger charge is 2.10. The van der Waals surface area contributed by atoms with Crippen LogP contribution in [-0.2, 0) is 0 Å². The van der Waals surface area contributed by atoms with Crippen molar-refractivity contribution < 1.29 is 8.78 Å². The quantitative estimate of drug-likeness (QED) is 0.631. The molecule has 1 heterocycles. The normalized spacial score (nSPS) is 16.0. The van der Waals surface area contributed by atoms with Crippen molar-refractivity contribution in [3.8, 4) is 0 Å². The van der Waals surface area contributed by atoms with Crippen LogP contribution >= 0.6 is 0 Å². The maximum absolute atomic E-state index is 12.8. The highest BCUT2D eigenvalue weighted by molar-refractivity contribution is 6.01. The van der Waals surface area contributed by atoms with E-state index in [0.717, 1.165) is 31.2 Å². The fraction of sp³-hybridized carbons (Fsp3) is 0.300. The Morgan fingerprint density at radius 3 is 2.62 bits per heavy atom. The van der Waals surface area contributed by atoms with Crippen molar-refractivity contribution in [3.63, 3.8) is 0 Å². The van der Waals surface area contributed by atoms with Crippen molar-refractivity contribution in [3.05, 3.63) is 35.4 Å². The van der Waals surface area contributed by atoms with Gasteiger partial charge in [0.1, 0.15) is 0 Å². The van der Waals surface area contributed by atoms with Crippen molar-refractivity contribution in [1.82, 2.24) is 0 Å². The van der Waals surface area contributed by atoms with Gasteiger partial charge in [0.25, 0.3) is 0 Å². The molecule has 0 unspecified atom stereocenters. The zero-order valence-corrected chi connectivity index (χ0v) is 7.06. The number of aliphatic imine (C=N–C) groups is 1. The van der Waals surface area contributed by atoms with Gasteiger partial charge >= 0.3 is 0 Å². The molecule has 2 rings (SSSR count). The van der Waals surface area contributed by atoms with Crippen LogP contribution in [0, 0.1) is 11.6 Å². The third kappa shape index (κ3) is 1.59. The Kier molecular flexibility index (Phi) is 2.08. The molecule has 68 valence electrons. The Hall–Kier alpha value is -1.25. The van der Waals surface area contributed by atoms with E-state index in [1.54, 1.807) is 6.07 Å². The van der Waals surface area contributed by atoms with Gasteiger partial charge in [-0.2, -0.15) is 0 Å². The molecular formula is C10H9F2N. The first-order valence-electron chi connectivity index (χ1n) is 4.26. The highest BCUT2D eigenvalue weighted by Crippen LogP contribution is 2.15. The topological polar surface area (TPSA) is 12.4 Å². The Labute approximate surface area is 75.1 Å². The third-order valence-corrected chi connectivity index (χ3v) is 2.13. The molecule has 0 fully saturated rings. The van der Waals surface area contributed by atoms with Crippen molar-refractivity contribution >= 4 is 5.71 Å².